The highest BCUT2D eigenvalue weighted by atomic mass is 79.9. The Hall–Kier alpha value is -2.12. The second-order valence-electron chi connectivity index (χ2n) is 5.48. The molecule has 128 valence electrons. The molecule has 0 saturated heterocycles. The summed E-state index contributed by atoms with van der Waals surface area (Å²) < 4.78 is 0.958. The Kier molecular flexibility index (Phi) is 5.55. The van der Waals surface area contributed by atoms with E-state index in [4.69, 9.17) is 0 Å². The molecule has 7 heteroatoms. The highest BCUT2D eigenvalue weighted by molar-refractivity contribution is 9.10. The number of aromatic amines is 1. The highest BCUT2D eigenvalue weighted by Crippen LogP contribution is 2.25. The number of thioether (sulfide) groups is 1. The molecule has 3 aromatic rings. The minimum Gasteiger partial charge on any atom is -0.325 e. The van der Waals surface area contributed by atoms with Crippen LogP contribution in [0.3, 0.4) is 0 Å². The van der Waals surface area contributed by atoms with E-state index < -0.39 is 0 Å². The number of hydrogen-bond acceptors (Lipinski definition) is 4. The topological polar surface area (TPSA) is 74.8 Å². The van der Waals surface area contributed by atoms with Crippen LogP contribution in [-0.2, 0) is 4.79 Å². The quantitative estimate of drug-likeness (QED) is 0.654. The van der Waals surface area contributed by atoms with Crippen LogP contribution in [0.15, 0.2) is 57.8 Å². The molecule has 1 amide bonds. The third kappa shape index (κ3) is 4.49. The maximum atomic E-state index is 12.1. The molecular weight excluding hydrogens is 402 g/mol. The van der Waals surface area contributed by atoms with Crippen molar-refractivity contribution in [2.24, 2.45) is 0 Å². The Morgan fingerprint density at radius 1 is 1.24 bits per heavy atom. The molecule has 2 aromatic carbocycles. The van der Waals surface area contributed by atoms with E-state index in [1.165, 1.54) is 11.8 Å². The van der Waals surface area contributed by atoms with E-state index >= 15 is 0 Å². The van der Waals surface area contributed by atoms with Crippen molar-refractivity contribution < 1.29 is 4.79 Å². The Bertz CT molecular complexity index is 956. The molecule has 1 atom stereocenters. The minimum atomic E-state index is -0.160. The average Bonchev–Trinajstić information content (AvgIpc) is 2.61. The van der Waals surface area contributed by atoms with Crippen molar-refractivity contribution in [3.05, 3.63) is 69.2 Å². The Morgan fingerprint density at radius 2 is 1.96 bits per heavy atom. The zero-order valence-corrected chi connectivity index (χ0v) is 15.9. The molecule has 0 aliphatic heterocycles. The van der Waals surface area contributed by atoms with Gasteiger partial charge in [0.2, 0.25) is 5.91 Å². The molecule has 1 heterocycles. The number of rotatable bonds is 5. The maximum Gasteiger partial charge on any atom is 0.258 e. The second kappa shape index (κ2) is 7.84. The highest BCUT2D eigenvalue weighted by Gasteiger charge is 2.13. The van der Waals surface area contributed by atoms with Crippen molar-refractivity contribution in [1.82, 2.24) is 9.97 Å². The lowest BCUT2D eigenvalue weighted by Gasteiger charge is -2.11. The van der Waals surface area contributed by atoms with Crippen molar-refractivity contribution in [1.29, 1.82) is 0 Å². The van der Waals surface area contributed by atoms with Crippen LogP contribution in [0.2, 0.25) is 0 Å². The fourth-order valence-electron chi connectivity index (χ4n) is 2.31. The number of halogens is 1. The predicted molar refractivity (Wildman–Crippen MR) is 106 cm³/mol. The number of carbonyl (C=O) groups excluding carboxylic acids is 1. The van der Waals surface area contributed by atoms with Gasteiger partial charge in [-0.2, -0.15) is 0 Å². The lowest BCUT2D eigenvalue weighted by atomic mass is 10.2. The number of benzene rings is 2. The van der Waals surface area contributed by atoms with Crippen LogP contribution >= 0.6 is 27.7 Å². The molecule has 1 unspecified atom stereocenters. The van der Waals surface area contributed by atoms with Crippen molar-refractivity contribution in [3.63, 3.8) is 0 Å². The predicted octanol–water partition coefficient (Wildman–Crippen LogP) is 4.12. The molecule has 3 rings (SSSR count). The van der Waals surface area contributed by atoms with Gasteiger partial charge in [-0.1, -0.05) is 28.1 Å². The fourth-order valence-corrected chi connectivity index (χ4v) is 3.31. The number of fused-ring (bicyclic) bond motifs is 1. The molecule has 5 nitrogen and oxygen atoms in total. The number of carbonyl (C=O) groups is 1. The first-order chi connectivity index (χ1) is 12.0. The largest absolute Gasteiger partial charge is 0.325 e. The van der Waals surface area contributed by atoms with Gasteiger partial charge in [-0.25, -0.2) is 4.98 Å². The van der Waals surface area contributed by atoms with E-state index in [2.05, 4.69) is 31.2 Å². The zero-order chi connectivity index (χ0) is 17.8. The van der Waals surface area contributed by atoms with Gasteiger partial charge >= 0.3 is 0 Å². The summed E-state index contributed by atoms with van der Waals surface area (Å²) in [4.78, 5) is 31.5. The van der Waals surface area contributed by atoms with Crippen LogP contribution in [-0.4, -0.2) is 21.6 Å². The minimum absolute atomic E-state index is 0.0951. The average molecular weight is 418 g/mol. The normalized spacial score (nSPS) is 12.1. The molecule has 0 radical (unpaired) electrons. The standard InChI is InChI=1S/C18H16BrN3O2S/c1-11(17-21-15-5-3-2-4-14(15)18(24)22-17)25-10-16(23)20-13-8-6-12(19)7-9-13/h2-9,11H,10H2,1H3,(H,20,23)(H,21,22,24). The SMILES string of the molecule is CC(SCC(=O)Nc1ccc(Br)cc1)c1nc2ccccc2c(=O)[nH]1. The van der Waals surface area contributed by atoms with Crippen LogP contribution in [0.5, 0.6) is 0 Å². The molecule has 25 heavy (non-hydrogen) atoms. The molecule has 0 fully saturated rings. The Morgan fingerprint density at radius 3 is 2.72 bits per heavy atom. The van der Waals surface area contributed by atoms with Gasteiger partial charge in [0.05, 0.1) is 21.9 Å². The smallest absolute Gasteiger partial charge is 0.258 e. The molecule has 0 saturated carbocycles. The van der Waals surface area contributed by atoms with Gasteiger partial charge in [-0.05, 0) is 43.3 Å². The van der Waals surface area contributed by atoms with Crippen molar-refractivity contribution >= 4 is 50.2 Å². The van der Waals surface area contributed by atoms with E-state index in [0.29, 0.717) is 16.7 Å². The fraction of sp³-hybridized carbons (Fsp3) is 0.167. The summed E-state index contributed by atoms with van der Waals surface area (Å²) in [5.41, 5.74) is 1.25. The molecule has 1 aromatic heterocycles. The van der Waals surface area contributed by atoms with Gasteiger partial charge in [0.25, 0.3) is 5.56 Å². The molecule has 2 N–H and O–H groups in total. The molecule has 0 bridgehead atoms. The van der Waals surface area contributed by atoms with E-state index in [1.54, 1.807) is 6.07 Å². The van der Waals surface area contributed by atoms with Gasteiger partial charge in [-0.15, -0.1) is 11.8 Å². The lowest BCUT2D eigenvalue weighted by molar-refractivity contribution is -0.113. The second-order valence-corrected chi connectivity index (χ2v) is 7.72. The van der Waals surface area contributed by atoms with Crippen LogP contribution in [0.25, 0.3) is 10.9 Å². The van der Waals surface area contributed by atoms with E-state index in [-0.39, 0.29) is 22.5 Å². The first-order valence-electron chi connectivity index (χ1n) is 7.69. The Balaban J connectivity index is 1.64. The van der Waals surface area contributed by atoms with Gasteiger partial charge in [-0.3, -0.25) is 9.59 Å². The van der Waals surface area contributed by atoms with Gasteiger partial charge in [0.15, 0.2) is 0 Å². The summed E-state index contributed by atoms with van der Waals surface area (Å²) in [5.74, 6) is 0.751. The van der Waals surface area contributed by atoms with Crippen molar-refractivity contribution in [3.8, 4) is 0 Å². The first kappa shape index (κ1) is 17.7. The number of hydrogen-bond donors (Lipinski definition) is 2. The van der Waals surface area contributed by atoms with E-state index in [9.17, 15) is 9.59 Å². The number of amides is 1. The van der Waals surface area contributed by atoms with Crippen LogP contribution in [0.4, 0.5) is 5.69 Å². The Labute approximate surface area is 157 Å². The summed E-state index contributed by atoms with van der Waals surface area (Å²) in [6.45, 7) is 1.92. The van der Waals surface area contributed by atoms with Crippen LogP contribution in [0, 0.1) is 0 Å². The van der Waals surface area contributed by atoms with Gasteiger partial charge in [0.1, 0.15) is 5.82 Å². The zero-order valence-electron chi connectivity index (χ0n) is 13.5. The molecule has 0 spiro atoms. The van der Waals surface area contributed by atoms with Crippen molar-refractivity contribution in [2.45, 2.75) is 12.2 Å². The van der Waals surface area contributed by atoms with Gasteiger partial charge in [0, 0.05) is 10.2 Å². The molecule has 0 aliphatic rings. The number of anilines is 1. The summed E-state index contributed by atoms with van der Waals surface area (Å²) >= 11 is 4.78. The number of nitrogens with zero attached hydrogens (tertiary/aromatic N) is 1. The van der Waals surface area contributed by atoms with Gasteiger partial charge < -0.3 is 10.3 Å². The summed E-state index contributed by atoms with van der Waals surface area (Å²) in [7, 11) is 0. The first-order valence-corrected chi connectivity index (χ1v) is 9.53. The summed E-state index contributed by atoms with van der Waals surface area (Å²) in [6.07, 6.45) is 0. The molecular formula is C18H16BrN3O2S. The lowest BCUT2D eigenvalue weighted by Crippen LogP contribution is -2.16. The van der Waals surface area contributed by atoms with E-state index in [0.717, 1.165) is 10.2 Å². The monoisotopic (exact) mass is 417 g/mol. The summed E-state index contributed by atoms with van der Waals surface area (Å²) in [6, 6.07) is 14.6. The number of aromatic nitrogens is 2. The molecule has 0 aliphatic carbocycles. The number of para-hydroxylation sites is 1. The maximum absolute atomic E-state index is 12.1. The third-order valence-electron chi connectivity index (χ3n) is 3.61. The van der Waals surface area contributed by atoms with Crippen molar-refractivity contribution in [2.75, 3.05) is 11.1 Å². The summed E-state index contributed by atoms with van der Waals surface area (Å²) in [5, 5.41) is 3.31. The van der Waals surface area contributed by atoms with Crippen LogP contribution in [0.1, 0.15) is 18.0 Å². The van der Waals surface area contributed by atoms with E-state index in [1.807, 2.05) is 49.4 Å². The third-order valence-corrected chi connectivity index (χ3v) is 5.29. The number of nitrogens with one attached hydrogen (secondary N) is 2. The van der Waals surface area contributed by atoms with Crippen LogP contribution < -0.4 is 10.9 Å². The number of H-pyrrole nitrogens is 1.